The molecule has 1 aromatic carbocycles. The van der Waals surface area contributed by atoms with E-state index in [1.165, 1.54) is 12.0 Å². The summed E-state index contributed by atoms with van der Waals surface area (Å²) in [6.45, 7) is 3.09. The minimum Gasteiger partial charge on any atom is -0.497 e. The predicted octanol–water partition coefficient (Wildman–Crippen LogP) is 3.13. The first-order valence-electron chi connectivity index (χ1n) is 6.15. The highest BCUT2D eigenvalue weighted by Gasteiger charge is 2.38. The normalized spacial score (nSPS) is 22.0. The molecule has 0 aromatic heterocycles. The lowest BCUT2D eigenvalue weighted by Gasteiger charge is -2.06. The lowest BCUT2D eigenvalue weighted by Crippen LogP contribution is -2.23. The molecule has 0 saturated heterocycles. The second kappa shape index (κ2) is 5.50. The van der Waals surface area contributed by atoms with E-state index in [9.17, 15) is 0 Å². The first kappa shape index (κ1) is 12.4. The van der Waals surface area contributed by atoms with Crippen LogP contribution in [0.2, 0.25) is 0 Å². The predicted molar refractivity (Wildman–Crippen MR) is 74.7 cm³/mol. The molecule has 17 heavy (non-hydrogen) atoms. The maximum absolute atomic E-state index is 5.25. The number of hydrogen-bond donors (Lipinski definition) is 1. The van der Waals surface area contributed by atoms with E-state index in [1.807, 2.05) is 6.07 Å². The first-order valence-corrected chi connectivity index (χ1v) is 6.56. The van der Waals surface area contributed by atoms with Crippen LogP contribution in [0.15, 0.2) is 24.3 Å². The number of benzene rings is 1. The number of ether oxygens (including phenoxy) is 1. The van der Waals surface area contributed by atoms with Gasteiger partial charge >= 0.3 is 0 Å². The largest absolute Gasteiger partial charge is 0.497 e. The zero-order valence-corrected chi connectivity index (χ0v) is 11.2. The lowest BCUT2D eigenvalue weighted by atomic mass is 10.1. The second-order valence-corrected chi connectivity index (χ2v) is 5.03. The van der Waals surface area contributed by atoms with Crippen LogP contribution in [0.25, 0.3) is 0 Å². The van der Waals surface area contributed by atoms with Gasteiger partial charge in [-0.05, 0) is 42.4 Å². The van der Waals surface area contributed by atoms with Crippen LogP contribution in [0.5, 0.6) is 5.75 Å². The molecule has 1 aromatic rings. The van der Waals surface area contributed by atoms with Crippen LogP contribution in [0.3, 0.4) is 0 Å². The van der Waals surface area contributed by atoms with E-state index in [2.05, 4.69) is 30.4 Å². The quantitative estimate of drug-likeness (QED) is 0.810. The third kappa shape index (κ3) is 3.19. The molecule has 1 saturated carbocycles. The van der Waals surface area contributed by atoms with E-state index in [0.717, 1.165) is 29.6 Å². The van der Waals surface area contributed by atoms with E-state index in [1.54, 1.807) is 7.11 Å². The molecule has 0 spiro atoms. The molecule has 0 radical (unpaired) electrons. The van der Waals surface area contributed by atoms with E-state index in [-0.39, 0.29) is 0 Å². The maximum atomic E-state index is 5.25. The molecule has 0 bridgehead atoms. The van der Waals surface area contributed by atoms with Crippen LogP contribution in [-0.4, -0.2) is 18.6 Å². The van der Waals surface area contributed by atoms with Gasteiger partial charge in [0, 0.05) is 6.54 Å². The Kier molecular flexibility index (Phi) is 4.00. The molecule has 1 fully saturated rings. The SMILES string of the molecule is CCC(=S)NC[C@@H]1C[C@H]1c1cccc(OC)c1. The Morgan fingerprint density at radius 2 is 2.35 bits per heavy atom. The lowest BCUT2D eigenvalue weighted by molar-refractivity contribution is 0.414. The summed E-state index contributed by atoms with van der Waals surface area (Å²) in [6.07, 6.45) is 2.19. The summed E-state index contributed by atoms with van der Waals surface area (Å²) >= 11 is 5.17. The Hall–Kier alpha value is -1.09. The number of nitrogens with one attached hydrogen (secondary N) is 1. The molecular weight excluding hydrogens is 230 g/mol. The molecule has 0 unspecified atom stereocenters. The van der Waals surface area contributed by atoms with Crippen LogP contribution in [0.4, 0.5) is 0 Å². The number of methoxy groups -OCH3 is 1. The smallest absolute Gasteiger partial charge is 0.119 e. The Morgan fingerprint density at radius 3 is 3.06 bits per heavy atom. The average molecular weight is 249 g/mol. The second-order valence-electron chi connectivity index (χ2n) is 4.54. The fraction of sp³-hybridized carbons (Fsp3) is 0.500. The van der Waals surface area contributed by atoms with Gasteiger partial charge in [0.25, 0.3) is 0 Å². The molecule has 3 heteroatoms. The van der Waals surface area contributed by atoms with Crippen molar-refractivity contribution in [2.24, 2.45) is 5.92 Å². The van der Waals surface area contributed by atoms with Crippen molar-refractivity contribution in [3.05, 3.63) is 29.8 Å². The molecule has 2 nitrogen and oxygen atoms in total. The van der Waals surface area contributed by atoms with Crippen molar-refractivity contribution in [3.63, 3.8) is 0 Å². The van der Waals surface area contributed by atoms with Crippen LogP contribution < -0.4 is 10.1 Å². The van der Waals surface area contributed by atoms with Crippen molar-refractivity contribution >= 4 is 17.2 Å². The summed E-state index contributed by atoms with van der Waals surface area (Å²) in [4.78, 5) is 0.973. The minimum atomic E-state index is 0.678. The highest BCUT2D eigenvalue weighted by Crippen LogP contribution is 2.47. The van der Waals surface area contributed by atoms with Gasteiger partial charge in [-0.2, -0.15) is 0 Å². The molecule has 0 aliphatic heterocycles. The summed E-state index contributed by atoms with van der Waals surface area (Å²) in [5.41, 5.74) is 1.39. The van der Waals surface area contributed by atoms with Crippen molar-refractivity contribution in [1.29, 1.82) is 0 Å². The van der Waals surface area contributed by atoms with Gasteiger partial charge in [-0.1, -0.05) is 31.3 Å². The summed E-state index contributed by atoms with van der Waals surface area (Å²) in [7, 11) is 1.71. The Balaban J connectivity index is 1.87. The molecular formula is C14H19NOS. The molecule has 92 valence electrons. The van der Waals surface area contributed by atoms with Gasteiger partial charge < -0.3 is 10.1 Å². The van der Waals surface area contributed by atoms with Crippen LogP contribution in [-0.2, 0) is 0 Å². The summed E-state index contributed by atoms with van der Waals surface area (Å²) in [6, 6.07) is 8.38. The minimum absolute atomic E-state index is 0.678. The van der Waals surface area contributed by atoms with Gasteiger partial charge in [0.05, 0.1) is 12.1 Å². The number of hydrogen-bond acceptors (Lipinski definition) is 2. The van der Waals surface area contributed by atoms with E-state index < -0.39 is 0 Å². The Morgan fingerprint density at radius 1 is 1.53 bits per heavy atom. The van der Waals surface area contributed by atoms with Crippen LogP contribution in [0.1, 0.15) is 31.2 Å². The third-order valence-corrected chi connectivity index (χ3v) is 3.76. The first-order chi connectivity index (χ1) is 8.24. The van der Waals surface area contributed by atoms with E-state index >= 15 is 0 Å². The molecule has 0 amide bonds. The standard InChI is InChI=1S/C14H19NOS/c1-3-14(17)15-9-11-8-13(11)10-5-4-6-12(7-10)16-2/h4-7,11,13H,3,8-9H2,1-2H3,(H,15,17)/t11-,13-/m0/s1. The summed E-state index contributed by atoms with van der Waals surface area (Å²) in [5, 5.41) is 3.32. The molecule has 0 heterocycles. The molecule has 2 rings (SSSR count). The average Bonchev–Trinajstić information content (AvgIpc) is 3.15. The van der Waals surface area contributed by atoms with Crippen molar-refractivity contribution < 1.29 is 4.74 Å². The van der Waals surface area contributed by atoms with Crippen LogP contribution in [0, 0.1) is 5.92 Å². The van der Waals surface area contributed by atoms with Gasteiger partial charge in [0.1, 0.15) is 5.75 Å². The zero-order valence-electron chi connectivity index (χ0n) is 10.4. The van der Waals surface area contributed by atoms with Crippen molar-refractivity contribution in [1.82, 2.24) is 5.32 Å². The number of rotatable bonds is 5. The third-order valence-electron chi connectivity index (χ3n) is 3.33. The maximum Gasteiger partial charge on any atom is 0.119 e. The van der Waals surface area contributed by atoms with Gasteiger partial charge in [-0.25, -0.2) is 0 Å². The fourth-order valence-corrected chi connectivity index (χ4v) is 2.21. The molecule has 1 aliphatic carbocycles. The van der Waals surface area contributed by atoms with Gasteiger partial charge in [-0.3, -0.25) is 0 Å². The van der Waals surface area contributed by atoms with Crippen molar-refractivity contribution in [2.45, 2.75) is 25.7 Å². The van der Waals surface area contributed by atoms with Gasteiger partial charge in [-0.15, -0.1) is 0 Å². The van der Waals surface area contributed by atoms with E-state index in [0.29, 0.717) is 5.92 Å². The van der Waals surface area contributed by atoms with Crippen molar-refractivity contribution in [3.8, 4) is 5.75 Å². The highest BCUT2D eigenvalue weighted by atomic mass is 32.1. The summed E-state index contributed by atoms with van der Waals surface area (Å²) in [5.74, 6) is 2.36. The zero-order chi connectivity index (χ0) is 12.3. The monoisotopic (exact) mass is 249 g/mol. The van der Waals surface area contributed by atoms with E-state index in [4.69, 9.17) is 17.0 Å². The molecule has 1 aliphatic rings. The topological polar surface area (TPSA) is 21.3 Å². The Bertz CT molecular complexity index is 405. The number of thiocarbonyl (C=S) groups is 1. The van der Waals surface area contributed by atoms with Gasteiger partial charge in [0.15, 0.2) is 0 Å². The molecule has 2 atom stereocenters. The van der Waals surface area contributed by atoms with Gasteiger partial charge in [0.2, 0.25) is 0 Å². The summed E-state index contributed by atoms with van der Waals surface area (Å²) < 4.78 is 5.25. The fourth-order valence-electron chi connectivity index (χ4n) is 2.12. The van der Waals surface area contributed by atoms with Crippen LogP contribution >= 0.6 is 12.2 Å². The molecule has 1 N–H and O–H groups in total. The highest BCUT2D eigenvalue weighted by molar-refractivity contribution is 7.80. The Labute approximate surface area is 108 Å². The van der Waals surface area contributed by atoms with Crippen molar-refractivity contribution in [2.75, 3.05) is 13.7 Å².